The Kier molecular flexibility index (Phi) is 5.96. The van der Waals surface area contributed by atoms with E-state index in [-0.39, 0.29) is 18.1 Å². The monoisotopic (exact) mass is 484 g/mol. The molecular weight excluding hydrogens is 460 g/mol. The average Bonchev–Trinajstić information content (AvgIpc) is 3.45. The molecule has 172 valence electrons. The van der Waals surface area contributed by atoms with E-state index in [9.17, 15) is 9.90 Å². The number of benzene rings is 2. The van der Waals surface area contributed by atoms with Gasteiger partial charge in [-0.1, -0.05) is 22.9 Å². The minimum atomic E-state index is -0.366. The lowest BCUT2D eigenvalue weighted by Crippen LogP contribution is -2.38. The summed E-state index contributed by atoms with van der Waals surface area (Å²) in [5.74, 6) is 0.543. The minimum absolute atomic E-state index is 0.0837. The van der Waals surface area contributed by atoms with Gasteiger partial charge in [-0.3, -0.25) is 9.69 Å². The molecule has 2 unspecified atom stereocenters. The standard InChI is InChI=1S/C23H25ClN6O2S/c1-13(31)11-30-8-7-16(12-30)25-21(32)14-3-6-19-18(9-14)26-22(29(19)2)28-23-27-17-5-4-15(24)10-20(17)33-23/h3-6,9-10,13,16,31H,7-8,11-12H2,1-2H3,(H,25,32)(H,26,27,28). The zero-order chi connectivity index (χ0) is 23.1. The Bertz CT molecular complexity index is 1330. The molecule has 0 bridgehead atoms. The molecule has 0 saturated carbocycles. The smallest absolute Gasteiger partial charge is 0.251 e. The first-order chi connectivity index (χ1) is 15.9. The van der Waals surface area contributed by atoms with Gasteiger partial charge in [0.05, 0.1) is 27.4 Å². The van der Waals surface area contributed by atoms with Crippen molar-refractivity contribution in [2.45, 2.75) is 25.5 Å². The van der Waals surface area contributed by atoms with Crippen LogP contribution in [0.25, 0.3) is 21.3 Å². The lowest BCUT2D eigenvalue weighted by molar-refractivity contribution is 0.0935. The number of nitrogens with zero attached hydrogens (tertiary/aromatic N) is 4. The van der Waals surface area contributed by atoms with Crippen LogP contribution >= 0.6 is 22.9 Å². The number of carbonyl (C=O) groups excluding carboxylic acids is 1. The highest BCUT2D eigenvalue weighted by atomic mass is 35.5. The van der Waals surface area contributed by atoms with Gasteiger partial charge in [0.15, 0.2) is 5.13 Å². The van der Waals surface area contributed by atoms with E-state index in [2.05, 4.69) is 20.5 Å². The molecule has 5 rings (SSSR count). The van der Waals surface area contributed by atoms with Crippen LogP contribution in [0.2, 0.25) is 5.02 Å². The van der Waals surface area contributed by atoms with Crippen LogP contribution in [0.4, 0.5) is 11.1 Å². The highest BCUT2D eigenvalue weighted by molar-refractivity contribution is 7.22. The van der Waals surface area contributed by atoms with Crippen molar-refractivity contribution in [3.63, 3.8) is 0 Å². The number of aryl methyl sites for hydroxylation is 1. The molecule has 2 aromatic heterocycles. The van der Waals surface area contributed by atoms with Crippen molar-refractivity contribution in [1.82, 2.24) is 24.8 Å². The van der Waals surface area contributed by atoms with Gasteiger partial charge >= 0.3 is 0 Å². The maximum Gasteiger partial charge on any atom is 0.251 e. The van der Waals surface area contributed by atoms with E-state index in [0.29, 0.717) is 23.1 Å². The van der Waals surface area contributed by atoms with Gasteiger partial charge in [0.1, 0.15) is 0 Å². The molecule has 3 heterocycles. The fourth-order valence-electron chi connectivity index (χ4n) is 4.26. The number of aliphatic hydroxyl groups excluding tert-OH is 1. The summed E-state index contributed by atoms with van der Waals surface area (Å²) in [6.07, 6.45) is 0.514. The number of rotatable bonds is 6. The van der Waals surface area contributed by atoms with E-state index >= 15 is 0 Å². The number of anilines is 2. The first-order valence-corrected chi connectivity index (χ1v) is 12.1. The highest BCUT2D eigenvalue weighted by Gasteiger charge is 2.25. The summed E-state index contributed by atoms with van der Waals surface area (Å²) in [5.41, 5.74) is 3.11. The SMILES string of the molecule is CC(O)CN1CCC(NC(=O)c2ccc3c(c2)nc(Nc2nc4ccc(Cl)cc4s2)n3C)C1. The lowest BCUT2D eigenvalue weighted by Gasteiger charge is -2.18. The van der Waals surface area contributed by atoms with Gasteiger partial charge in [-0.05, 0) is 49.7 Å². The molecule has 3 N–H and O–H groups in total. The topological polar surface area (TPSA) is 95.3 Å². The van der Waals surface area contributed by atoms with Gasteiger partial charge in [-0.15, -0.1) is 0 Å². The maximum atomic E-state index is 12.8. The molecule has 1 aliphatic rings. The molecule has 1 amide bonds. The predicted octanol–water partition coefficient (Wildman–Crippen LogP) is 3.76. The Labute approximate surface area is 200 Å². The fraction of sp³-hybridized carbons (Fsp3) is 0.348. The zero-order valence-electron chi connectivity index (χ0n) is 18.4. The van der Waals surface area contributed by atoms with Crippen molar-refractivity contribution in [2.24, 2.45) is 7.05 Å². The number of amides is 1. The molecule has 1 saturated heterocycles. The van der Waals surface area contributed by atoms with Crippen molar-refractivity contribution < 1.29 is 9.90 Å². The molecule has 0 spiro atoms. The third-order valence-electron chi connectivity index (χ3n) is 5.84. The van der Waals surface area contributed by atoms with Crippen LogP contribution < -0.4 is 10.6 Å². The van der Waals surface area contributed by atoms with E-state index in [4.69, 9.17) is 16.6 Å². The number of thiazole rings is 1. The van der Waals surface area contributed by atoms with E-state index in [1.807, 2.05) is 48.0 Å². The Morgan fingerprint density at radius 1 is 1.27 bits per heavy atom. The third kappa shape index (κ3) is 4.67. The van der Waals surface area contributed by atoms with Gasteiger partial charge in [-0.2, -0.15) is 0 Å². The van der Waals surface area contributed by atoms with Gasteiger partial charge in [0.2, 0.25) is 5.95 Å². The average molecular weight is 485 g/mol. The van der Waals surface area contributed by atoms with Crippen LogP contribution in [-0.4, -0.2) is 62.2 Å². The number of imidazole rings is 1. The van der Waals surface area contributed by atoms with Crippen LogP contribution in [0.5, 0.6) is 0 Å². The van der Waals surface area contributed by atoms with Crippen LogP contribution in [0, 0.1) is 0 Å². The number of carbonyl (C=O) groups is 1. The van der Waals surface area contributed by atoms with Crippen molar-refractivity contribution in [3.05, 3.63) is 47.0 Å². The molecular formula is C23H25ClN6O2S. The molecule has 4 aromatic rings. The molecule has 10 heteroatoms. The fourth-order valence-corrected chi connectivity index (χ4v) is 5.39. The number of aromatic nitrogens is 3. The summed E-state index contributed by atoms with van der Waals surface area (Å²) in [4.78, 5) is 24.3. The van der Waals surface area contributed by atoms with Crippen LogP contribution in [0.3, 0.4) is 0 Å². The zero-order valence-corrected chi connectivity index (χ0v) is 20.0. The predicted molar refractivity (Wildman–Crippen MR) is 133 cm³/mol. The van der Waals surface area contributed by atoms with Crippen LogP contribution in [0.15, 0.2) is 36.4 Å². The third-order valence-corrected chi connectivity index (χ3v) is 7.01. The first-order valence-electron chi connectivity index (χ1n) is 10.9. The lowest BCUT2D eigenvalue weighted by atomic mass is 10.1. The largest absolute Gasteiger partial charge is 0.392 e. The van der Waals surface area contributed by atoms with Gasteiger partial charge < -0.3 is 20.3 Å². The second-order valence-corrected chi connectivity index (χ2v) is 9.99. The second kappa shape index (κ2) is 8.90. The number of fused-ring (bicyclic) bond motifs is 2. The summed E-state index contributed by atoms with van der Waals surface area (Å²) < 4.78 is 2.95. The first kappa shape index (κ1) is 22.1. The molecule has 0 radical (unpaired) electrons. The number of hydrogen-bond donors (Lipinski definition) is 3. The van der Waals surface area contributed by atoms with E-state index in [1.54, 1.807) is 6.92 Å². The molecule has 2 atom stereocenters. The van der Waals surface area contributed by atoms with Gasteiger partial charge in [0, 0.05) is 43.3 Å². The van der Waals surface area contributed by atoms with E-state index in [1.165, 1.54) is 11.3 Å². The number of nitrogens with one attached hydrogen (secondary N) is 2. The Morgan fingerprint density at radius 2 is 2.12 bits per heavy atom. The summed E-state index contributed by atoms with van der Waals surface area (Å²) in [6, 6.07) is 11.3. The number of hydrogen-bond acceptors (Lipinski definition) is 7. The molecule has 2 aromatic carbocycles. The van der Waals surface area contributed by atoms with Crippen molar-refractivity contribution in [3.8, 4) is 0 Å². The summed E-state index contributed by atoms with van der Waals surface area (Å²) in [7, 11) is 1.93. The number of likely N-dealkylation sites (tertiary alicyclic amines) is 1. The Hall–Kier alpha value is -2.72. The Morgan fingerprint density at radius 3 is 2.94 bits per heavy atom. The van der Waals surface area contributed by atoms with Crippen molar-refractivity contribution in [1.29, 1.82) is 0 Å². The van der Waals surface area contributed by atoms with E-state index in [0.717, 1.165) is 45.9 Å². The molecule has 1 fully saturated rings. The van der Waals surface area contributed by atoms with Crippen molar-refractivity contribution in [2.75, 3.05) is 25.0 Å². The second-order valence-electron chi connectivity index (χ2n) is 8.52. The minimum Gasteiger partial charge on any atom is -0.392 e. The quantitative estimate of drug-likeness (QED) is 0.385. The number of aliphatic hydroxyl groups is 1. The van der Waals surface area contributed by atoms with Gasteiger partial charge in [0.25, 0.3) is 5.91 Å². The molecule has 0 aliphatic carbocycles. The maximum absolute atomic E-state index is 12.8. The van der Waals surface area contributed by atoms with E-state index < -0.39 is 0 Å². The molecule has 33 heavy (non-hydrogen) atoms. The van der Waals surface area contributed by atoms with Crippen molar-refractivity contribution >= 4 is 61.2 Å². The number of halogens is 1. The molecule has 1 aliphatic heterocycles. The summed E-state index contributed by atoms with van der Waals surface area (Å²) >= 11 is 7.60. The van der Waals surface area contributed by atoms with Crippen LogP contribution in [-0.2, 0) is 7.05 Å². The summed E-state index contributed by atoms with van der Waals surface area (Å²) in [5, 5.41) is 17.4. The normalized spacial score (nSPS) is 17.6. The molecule has 8 nitrogen and oxygen atoms in total. The Balaban J connectivity index is 1.31. The summed E-state index contributed by atoms with van der Waals surface area (Å²) in [6.45, 7) is 4.04. The number of β-amino-alcohol motifs (C(OH)–C–C–N with tert-alkyl or cyclic N) is 1. The van der Waals surface area contributed by atoms with Gasteiger partial charge in [-0.25, -0.2) is 9.97 Å². The highest BCUT2D eigenvalue weighted by Crippen LogP contribution is 2.31. The van der Waals surface area contributed by atoms with Crippen LogP contribution in [0.1, 0.15) is 23.7 Å².